The Labute approximate surface area is 225 Å². The monoisotopic (exact) mass is 512 g/mol. The molecule has 0 radical (unpaired) electrons. The van der Waals surface area contributed by atoms with Crippen LogP contribution < -0.4 is 5.32 Å². The van der Waals surface area contributed by atoms with E-state index < -0.39 is 11.6 Å². The summed E-state index contributed by atoms with van der Waals surface area (Å²) in [6.45, 7) is 4.30. The van der Waals surface area contributed by atoms with Crippen molar-refractivity contribution in [3.05, 3.63) is 71.9 Å². The van der Waals surface area contributed by atoms with E-state index >= 15 is 0 Å². The number of aromatic nitrogens is 1. The summed E-state index contributed by atoms with van der Waals surface area (Å²) in [6.07, 6.45) is 10.3. The lowest BCUT2D eigenvalue weighted by molar-refractivity contribution is -0.163. The van der Waals surface area contributed by atoms with E-state index in [0.29, 0.717) is 25.3 Å². The van der Waals surface area contributed by atoms with Gasteiger partial charge in [0.05, 0.1) is 0 Å². The molecule has 6 rings (SSSR count). The number of piperazine rings is 1. The van der Waals surface area contributed by atoms with Gasteiger partial charge >= 0.3 is 0 Å². The molecule has 200 valence electrons. The van der Waals surface area contributed by atoms with Crippen LogP contribution in [0.4, 0.5) is 0 Å². The van der Waals surface area contributed by atoms with E-state index in [4.69, 9.17) is 0 Å². The molecule has 1 aromatic heterocycles. The van der Waals surface area contributed by atoms with Gasteiger partial charge in [-0.3, -0.25) is 14.5 Å². The first-order valence-electron chi connectivity index (χ1n) is 14.5. The quantitative estimate of drug-likeness (QED) is 0.454. The molecule has 1 saturated carbocycles. The zero-order valence-electron chi connectivity index (χ0n) is 22.5. The average molecular weight is 513 g/mol. The number of hydrogen-bond donors (Lipinski definition) is 2. The van der Waals surface area contributed by atoms with Crippen molar-refractivity contribution < 1.29 is 9.59 Å². The highest BCUT2D eigenvalue weighted by atomic mass is 16.2. The Morgan fingerprint density at radius 1 is 0.947 bits per heavy atom. The Balaban J connectivity index is 1.23. The molecule has 3 heterocycles. The van der Waals surface area contributed by atoms with Gasteiger partial charge in [0.1, 0.15) is 11.6 Å². The standard InChI is InChI=1S/C32H40N4O2/c1-23(27-21-33-28-15-9-8-14-26(27)28)35-18-16-32(17-19-35)31(38)34-29(20-24-10-4-2-5-11-24)30(37)36(32)22-25-12-6-3-7-13-25/h3,6-9,12-15,21,23-24,29,33H,2,4-5,10-11,16-20,22H2,1H3,(H,34,38). The molecule has 1 spiro atoms. The number of fused-ring (bicyclic) bond motifs is 1. The number of rotatable bonds is 6. The first-order chi connectivity index (χ1) is 18.5. The lowest BCUT2D eigenvalue weighted by atomic mass is 9.78. The SMILES string of the molecule is CC(c1c[nH]c2ccccc12)N1CCC2(CC1)C(=O)NC(CC1CCCCC1)C(=O)N2Cc1ccccc1. The Morgan fingerprint density at radius 2 is 1.66 bits per heavy atom. The molecule has 2 aromatic carbocycles. The van der Waals surface area contributed by atoms with Gasteiger partial charge in [-0.15, -0.1) is 0 Å². The van der Waals surface area contributed by atoms with Gasteiger partial charge in [0.2, 0.25) is 11.8 Å². The number of H-pyrrole nitrogens is 1. The third kappa shape index (κ3) is 4.64. The molecule has 2 atom stereocenters. The van der Waals surface area contributed by atoms with E-state index in [2.05, 4.69) is 64.7 Å². The number of piperidine rings is 1. The predicted octanol–water partition coefficient (Wildman–Crippen LogP) is 5.56. The highest BCUT2D eigenvalue weighted by Crippen LogP contribution is 2.39. The molecule has 2 unspecified atom stereocenters. The number of nitrogens with zero attached hydrogens (tertiary/aromatic N) is 2. The van der Waals surface area contributed by atoms with E-state index in [1.165, 1.54) is 43.1 Å². The van der Waals surface area contributed by atoms with Gasteiger partial charge in [-0.25, -0.2) is 0 Å². The van der Waals surface area contributed by atoms with Crippen LogP contribution in [-0.4, -0.2) is 51.3 Å². The summed E-state index contributed by atoms with van der Waals surface area (Å²) in [4.78, 5) is 35.8. The Morgan fingerprint density at radius 3 is 2.42 bits per heavy atom. The van der Waals surface area contributed by atoms with Crippen LogP contribution in [0.2, 0.25) is 0 Å². The van der Waals surface area contributed by atoms with Gasteiger partial charge in [0, 0.05) is 42.8 Å². The zero-order chi connectivity index (χ0) is 26.1. The molecular formula is C32H40N4O2. The molecule has 3 aromatic rings. The zero-order valence-corrected chi connectivity index (χ0v) is 22.5. The highest BCUT2D eigenvalue weighted by molar-refractivity contribution is 6.00. The fourth-order valence-corrected chi connectivity index (χ4v) is 7.20. The summed E-state index contributed by atoms with van der Waals surface area (Å²) >= 11 is 0. The van der Waals surface area contributed by atoms with Crippen LogP contribution >= 0.6 is 0 Å². The lowest BCUT2D eigenvalue weighted by Crippen LogP contribution is -2.72. The molecule has 2 N–H and O–H groups in total. The van der Waals surface area contributed by atoms with Crippen LogP contribution in [0, 0.1) is 5.92 Å². The van der Waals surface area contributed by atoms with Gasteiger partial charge in [0.15, 0.2) is 0 Å². The van der Waals surface area contributed by atoms with Crippen molar-refractivity contribution in [2.75, 3.05) is 13.1 Å². The molecule has 0 bridgehead atoms. The summed E-state index contributed by atoms with van der Waals surface area (Å²) in [5, 5.41) is 4.48. The van der Waals surface area contributed by atoms with E-state index in [9.17, 15) is 9.59 Å². The van der Waals surface area contributed by atoms with E-state index in [0.717, 1.165) is 30.6 Å². The number of para-hydroxylation sites is 1. The first-order valence-corrected chi connectivity index (χ1v) is 14.5. The molecular weight excluding hydrogens is 472 g/mol. The topological polar surface area (TPSA) is 68.4 Å². The summed E-state index contributed by atoms with van der Waals surface area (Å²) in [5.74, 6) is 0.690. The molecule has 2 saturated heterocycles. The lowest BCUT2D eigenvalue weighted by Gasteiger charge is -2.52. The van der Waals surface area contributed by atoms with Gasteiger partial charge < -0.3 is 15.2 Å². The second-order valence-electron chi connectivity index (χ2n) is 11.7. The summed E-state index contributed by atoms with van der Waals surface area (Å²) < 4.78 is 0. The minimum atomic E-state index is -0.785. The van der Waals surface area contributed by atoms with E-state index in [1.807, 2.05) is 23.1 Å². The number of amides is 2. The normalized spacial score (nSPS) is 23.6. The maximum atomic E-state index is 14.1. The molecule has 3 aliphatic rings. The van der Waals surface area contributed by atoms with Crippen molar-refractivity contribution in [2.24, 2.45) is 5.92 Å². The van der Waals surface area contributed by atoms with Crippen LogP contribution in [0.25, 0.3) is 10.9 Å². The van der Waals surface area contributed by atoms with Crippen molar-refractivity contribution in [3.63, 3.8) is 0 Å². The van der Waals surface area contributed by atoms with Crippen LogP contribution in [0.3, 0.4) is 0 Å². The van der Waals surface area contributed by atoms with E-state index in [1.54, 1.807) is 0 Å². The van der Waals surface area contributed by atoms with Crippen molar-refractivity contribution >= 4 is 22.7 Å². The van der Waals surface area contributed by atoms with Crippen LogP contribution in [0.5, 0.6) is 0 Å². The second-order valence-corrected chi connectivity index (χ2v) is 11.7. The second kappa shape index (κ2) is 10.6. The van der Waals surface area contributed by atoms with Gasteiger partial charge in [0.25, 0.3) is 0 Å². The Kier molecular flexibility index (Phi) is 7.00. The minimum absolute atomic E-state index is 0.0493. The maximum absolute atomic E-state index is 14.1. The fraction of sp³-hybridized carbons (Fsp3) is 0.500. The number of aromatic amines is 1. The van der Waals surface area contributed by atoms with Crippen LogP contribution in [0.1, 0.15) is 75.5 Å². The number of nitrogens with one attached hydrogen (secondary N) is 2. The molecule has 38 heavy (non-hydrogen) atoms. The van der Waals surface area contributed by atoms with Gasteiger partial charge in [-0.2, -0.15) is 0 Å². The molecule has 2 aliphatic heterocycles. The van der Waals surface area contributed by atoms with Crippen molar-refractivity contribution in [1.29, 1.82) is 0 Å². The van der Waals surface area contributed by atoms with Crippen LogP contribution in [-0.2, 0) is 16.1 Å². The third-order valence-corrected chi connectivity index (χ3v) is 9.53. The number of benzene rings is 2. The summed E-state index contributed by atoms with van der Waals surface area (Å²) in [7, 11) is 0. The van der Waals surface area contributed by atoms with Crippen molar-refractivity contribution in [3.8, 4) is 0 Å². The molecule has 6 nitrogen and oxygen atoms in total. The Hall–Kier alpha value is -3.12. The number of likely N-dealkylation sites (tertiary alicyclic amines) is 1. The number of hydrogen-bond acceptors (Lipinski definition) is 3. The fourth-order valence-electron chi connectivity index (χ4n) is 7.20. The van der Waals surface area contributed by atoms with E-state index in [-0.39, 0.29) is 17.9 Å². The molecule has 2 amide bonds. The van der Waals surface area contributed by atoms with Crippen molar-refractivity contribution in [2.45, 2.75) is 82.5 Å². The highest BCUT2D eigenvalue weighted by Gasteiger charge is 2.54. The molecule has 6 heteroatoms. The number of carbonyl (C=O) groups is 2. The first kappa shape index (κ1) is 25.2. The van der Waals surface area contributed by atoms with Crippen molar-refractivity contribution in [1.82, 2.24) is 20.1 Å². The van der Waals surface area contributed by atoms with Crippen LogP contribution in [0.15, 0.2) is 60.8 Å². The average Bonchev–Trinajstić information content (AvgIpc) is 3.39. The van der Waals surface area contributed by atoms with Gasteiger partial charge in [-0.1, -0.05) is 80.6 Å². The predicted molar refractivity (Wildman–Crippen MR) is 150 cm³/mol. The summed E-state index contributed by atoms with van der Waals surface area (Å²) in [5.41, 5.74) is 2.74. The number of carbonyl (C=O) groups excluding carboxylic acids is 2. The van der Waals surface area contributed by atoms with Gasteiger partial charge in [-0.05, 0) is 49.3 Å². The summed E-state index contributed by atoms with van der Waals surface area (Å²) in [6, 6.07) is 18.4. The minimum Gasteiger partial charge on any atom is -0.361 e. The largest absolute Gasteiger partial charge is 0.361 e. The molecule has 3 fully saturated rings. The Bertz CT molecular complexity index is 1270. The third-order valence-electron chi connectivity index (χ3n) is 9.53. The maximum Gasteiger partial charge on any atom is 0.246 e. The molecule has 1 aliphatic carbocycles. The smallest absolute Gasteiger partial charge is 0.246 e.